The topological polar surface area (TPSA) is 170 Å². The van der Waals surface area contributed by atoms with Gasteiger partial charge in [-0.1, -0.05) is 19.9 Å². The van der Waals surface area contributed by atoms with Gasteiger partial charge < -0.3 is 31.2 Å². The number of aromatic nitrogens is 3. The van der Waals surface area contributed by atoms with Crippen molar-refractivity contribution in [2.75, 3.05) is 56.1 Å². The molecule has 1 amide bonds. The van der Waals surface area contributed by atoms with Gasteiger partial charge >= 0.3 is 0 Å². The number of amides is 1. The van der Waals surface area contributed by atoms with E-state index in [9.17, 15) is 14.4 Å². The lowest BCUT2D eigenvalue weighted by Crippen LogP contribution is -2.59. The fourth-order valence-corrected chi connectivity index (χ4v) is 5.74. The molecule has 4 rings (SSSR count). The van der Waals surface area contributed by atoms with E-state index in [2.05, 4.69) is 38.3 Å². The molecule has 2 aromatic rings. The third-order valence-electron chi connectivity index (χ3n) is 8.10. The maximum absolute atomic E-state index is 13.1. The van der Waals surface area contributed by atoms with Crippen molar-refractivity contribution in [1.29, 1.82) is 0 Å². The summed E-state index contributed by atoms with van der Waals surface area (Å²) < 4.78 is 0. The second-order valence-corrected chi connectivity index (χ2v) is 10.7. The molecule has 2 aliphatic heterocycles. The Balaban J connectivity index is 1.41. The van der Waals surface area contributed by atoms with Gasteiger partial charge in [-0.3, -0.25) is 24.3 Å². The molecule has 40 heavy (non-hydrogen) atoms. The van der Waals surface area contributed by atoms with Crippen molar-refractivity contribution in [3.05, 3.63) is 56.8 Å². The first-order chi connectivity index (χ1) is 19.2. The van der Waals surface area contributed by atoms with Gasteiger partial charge in [0, 0.05) is 57.9 Å². The number of H-pyrrole nitrogens is 2. The number of aliphatic imine (C=N–C) groups is 1. The van der Waals surface area contributed by atoms with Crippen LogP contribution in [-0.4, -0.2) is 88.2 Å². The van der Waals surface area contributed by atoms with Crippen LogP contribution in [-0.2, 0) is 0 Å². The van der Waals surface area contributed by atoms with Gasteiger partial charge in [0.25, 0.3) is 11.5 Å². The molecule has 2 fully saturated rings. The summed E-state index contributed by atoms with van der Waals surface area (Å²) in [5.74, 6) is 0.730. The molecule has 0 spiro atoms. The van der Waals surface area contributed by atoms with Gasteiger partial charge in [0.05, 0.1) is 11.3 Å². The number of carbonyl (C=O) groups is 1. The van der Waals surface area contributed by atoms with Crippen molar-refractivity contribution < 1.29 is 4.79 Å². The molecule has 216 valence electrons. The smallest absolute Gasteiger partial charge is 0.291 e. The van der Waals surface area contributed by atoms with E-state index in [0.717, 1.165) is 25.8 Å². The standard InChI is InChI=1S/C28H41N9O3/c1-5-17(3)15-21(31-4)23-25(30)34-26(27(39)33-23)36-13-14-37(18(6-2)16-36)19-9-11-35(12-10-19)28(40)20-7-8-22(38)32-24(20)29/h5,7-8,17-19H,1,6,9-16H2,2-4H3,(H2,30,34)(H,33,39)(H3,29,32,38). The highest BCUT2D eigenvalue weighted by molar-refractivity contribution is 6.02. The number of nitrogen functional groups attached to an aromatic ring is 2. The summed E-state index contributed by atoms with van der Waals surface area (Å²) >= 11 is 0. The number of pyridine rings is 1. The predicted molar refractivity (Wildman–Crippen MR) is 159 cm³/mol. The van der Waals surface area contributed by atoms with Crippen LogP contribution < -0.4 is 27.5 Å². The number of anilines is 3. The molecule has 0 radical (unpaired) electrons. The van der Waals surface area contributed by atoms with E-state index >= 15 is 0 Å². The number of carbonyl (C=O) groups excluding carboxylic acids is 1. The molecule has 0 bridgehead atoms. The number of nitrogens with two attached hydrogens (primary N) is 2. The van der Waals surface area contributed by atoms with Gasteiger partial charge in [-0.25, -0.2) is 4.98 Å². The molecule has 2 atom stereocenters. The van der Waals surface area contributed by atoms with Gasteiger partial charge in [-0.05, 0) is 37.7 Å². The molecule has 2 saturated heterocycles. The number of allylic oxidation sites excluding steroid dienone is 1. The van der Waals surface area contributed by atoms with Crippen LogP contribution in [0.2, 0.25) is 0 Å². The lowest BCUT2D eigenvalue weighted by atomic mass is 9.97. The second-order valence-electron chi connectivity index (χ2n) is 10.7. The van der Waals surface area contributed by atoms with E-state index < -0.39 is 0 Å². The third kappa shape index (κ3) is 6.11. The van der Waals surface area contributed by atoms with E-state index in [1.54, 1.807) is 11.9 Å². The monoisotopic (exact) mass is 551 g/mol. The number of piperidine rings is 1. The summed E-state index contributed by atoms with van der Waals surface area (Å²) in [7, 11) is 1.68. The van der Waals surface area contributed by atoms with Crippen molar-refractivity contribution in [3.8, 4) is 0 Å². The number of nitrogens with zero attached hydrogens (tertiary/aromatic N) is 5. The van der Waals surface area contributed by atoms with Crippen LogP contribution >= 0.6 is 0 Å². The molecular weight excluding hydrogens is 510 g/mol. The SMILES string of the molecule is C=CC(C)CC(=NC)c1[nH]c(=O)c(N2CCN(C3CCN(C(=O)c4ccc(=O)[nH]c4N)CC3)C(CC)C2)nc1N. The highest BCUT2D eigenvalue weighted by Crippen LogP contribution is 2.26. The number of hydrogen-bond donors (Lipinski definition) is 4. The van der Waals surface area contributed by atoms with Crippen LogP contribution in [0, 0.1) is 5.92 Å². The van der Waals surface area contributed by atoms with Gasteiger partial charge in [-0.2, -0.15) is 0 Å². The predicted octanol–water partition coefficient (Wildman–Crippen LogP) is 1.46. The second kappa shape index (κ2) is 12.5. The molecule has 0 aromatic carbocycles. The van der Waals surface area contributed by atoms with E-state index in [-0.39, 0.29) is 40.6 Å². The largest absolute Gasteiger partial charge is 0.385 e. The van der Waals surface area contributed by atoms with Crippen LogP contribution in [0.15, 0.2) is 39.4 Å². The van der Waals surface area contributed by atoms with Crippen LogP contribution in [0.5, 0.6) is 0 Å². The van der Waals surface area contributed by atoms with Crippen LogP contribution in [0.4, 0.5) is 17.5 Å². The Morgan fingerprint density at radius 3 is 2.55 bits per heavy atom. The number of rotatable bonds is 8. The Morgan fingerprint density at radius 2 is 1.93 bits per heavy atom. The molecule has 0 saturated carbocycles. The number of piperazine rings is 1. The maximum Gasteiger partial charge on any atom is 0.291 e. The van der Waals surface area contributed by atoms with Gasteiger partial charge in [0.1, 0.15) is 11.5 Å². The number of aromatic amines is 2. The lowest BCUT2D eigenvalue weighted by molar-refractivity contribution is 0.0491. The summed E-state index contributed by atoms with van der Waals surface area (Å²) in [6.07, 6.45) is 5.06. The molecule has 4 heterocycles. The van der Waals surface area contributed by atoms with Crippen LogP contribution in [0.3, 0.4) is 0 Å². The molecule has 2 unspecified atom stereocenters. The van der Waals surface area contributed by atoms with Crippen LogP contribution in [0.1, 0.15) is 55.6 Å². The zero-order valence-electron chi connectivity index (χ0n) is 23.7. The zero-order valence-corrected chi connectivity index (χ0v) is 23.7. The van der Waals surface area contributed by atoms with Crippen molar-refractivity contribution in [3.63, 3.8) is 0 Å². The summed E-state index contributed by atoms with van der Waals surface area (Å²) in [6, 6.07) is 3.38. The number of hydrogen-bond acceptors (Lipinski definition) is 9. The molecule has 12 nitrogen and oxygen atoms in total. The first kappa shape index (κ1) is 29.1. The normalized spacial score (nSPS) is 20.0. The van der Waals surface area contributed by atoms with Crippen LogP contribution in [0.25, 0.3) is 0 Å². The minimum Gasteiger partial charge on any atom is -0.385 e. The molecule has 2 aromatic heterocycles. The third-order valence-corrected chi connectivity index (χ3v) is 8.10. The maximum atomic E-state index is 13.1. The Labute approximate surface area is 234 Å². The first-order valence-electron chi connectivity index (χ1n) is 13.9. The Morgan fingerprint density at radius 1 is 1.20 bits per heavy atom. The molecule has 0 aliphatic carbocycles. The molecular formula is C28H41N9O3. The Kier molecular flexibility index (Phi) is 9.08. The van der Waals surface area contributed by atoms with Gasteiger partial charge in [0.2, 0.25) is 5.56 Å². The molecule has 12 heteroatoms. The molecule has 2 aliphatic rings. The summed E-state index contributed by atoms with van der Waals surface area (Å²) in [5, 5.41) is 0. The van der Waals surface area contributed by atoms with Crippen molar-refractivity contribution in [1.82, 2.24) is 24.8 Å². The fourth-order valence-electron chi connectivity index (χ4n) is 5.74. The summed E-state index contributed by atoms with van der Waals surface area (Å²) in [5.41, 5.74) is 13.1. The van der Waals surface area contributed by atoms with Crippen molar-refractivity contribution in [2.45, 2.75) is 51.6 Å². The minimum absolute atomic E-state index is 0.101. The Hall–Kier alpha value is -3.93. The lowest BCUT2D eigenvalue weighted by Gasteiger charge is -2.47. The number of likely N-dealkylation sites (tertiary alicyclic amines) is 1. The van der Waals surface area contributed by atoms with E-state index in [1.807, 2.05) is 17.9 Å². The van der Waals surface area contributed by atoms with Gasteiger partial charge in [-0.15, -0.1) is 6.58 Å². The van der Waals surface area contributed by atoms with E-state index in [4.69, 9.17) is 11.5 Å². The van der Waals surface area contributed by atoms with E-state index in [1.165, 1.54) is 12.1 Å². The molecule has 6 N–H and O–H groups in total. The first-order valence-corrected chi connectivity index (χ1v) is 13.9. The summed E-state index contributed by atoms with van der Waals surface area (Å²) in [6.45, 7) is 11.3. The highest BCUT2D eigenvalue weighted by Gasteiger charge is 2.35. The fraction of sp³-hybridized carbons (Fsp3) is 0.536. The quantitative estimate of drug-likeness (QED) is 0.282. The Bertz CT molecular complexity index is 1370. The number of nitrogens with one attached hydrogen (secondary N) is 2. The average molecular weight is 552 g/mol. The van der Waals surface area contributed by atoms with Gasteiger partial charge in [0.15, 0.2) is 11.6 Å². The van der Waals surface area contributed by atoms with Crippen molar-refractivity contribution in [2.24, 2.45) is 10.9 Å². The highest BCUT2D eigenvalue weighted by atomic mass is 16.2. The zero-order chi connectivity index (χ0) is 29.0. The average Bonchev–Trinajstić information content (AvgIpc) is 2.96. The summed E-state index contributed by atoms with van der Waals surface area (Å²) in [4.78, 5) is 58.2. The van der Waals surface area contributed by atoms with Crippen molar-refractivity contribution >= 4 is 29.1 Å². The minimum atomic E-state index is -0.328. The van der Waals surface area contributed by atoms with E-state index in [0.29, 0.717) is 61.4 Å².